The van der Waals surface area contributed by atoms with E-state index >= 15 is 0 Å². The van der Waals surface area contributed by atoms with Crippen molar-refractivity contribution >= 4 is 35.1 Å². The van der Waals surface area contributed by atoms with Gasteiger partial charge in [0.15, 0.2) is 5.82 Å². The number of para-hydroxylation sites is 1. The predicted molar refractivity (Wildman–Crippen MR) is 133 cm³/mol. The van der Waals surface area contributed by atoms with E-state index in [9.17, 15) is 4.79 Å². The number of amides is 1. The fraction of sp³-hybridized carbons (Fsp3) is 0.200. The first kappa shape index (κ1) is 21.7. The minimum Gasteiger partial charge on any atom is -0.302 e. The molecule has 0 N–H and O–H groups in total. The molecule has 8 heteroatoms. The lowest BCUT2D eigenvalue weighted by atomic mass is 10.1. The van der Waals surface area contributed by atoms with Crippen molar-refractivity contribution in [1.29, 1.82) is 0 Å². The van der Waals surface area contributed by atoms with Gasteiger partial charge in [-0.3, -0.25) is 4.79 Å². The molecule has 0 saturated carbocycles. The van der Waals surface area contributed by atoms with Crippen LogP contribution in [0.5, 0.6) is 0 Å². The molecule has 2 aromatic heterocycles. The number of anilines is 1. The first-order chi connectivity index (χ1) is 16.1. The van der Waals surface area contributed by atoms with Crippen LogP contribution in [-0.4, -0.2) is 37.4 Å². The van der Waals surface area contributed by atoms with Crippen molar-refractivity contribution < 1.29 is 4.79 Å². The highest BCUT2D eigenvalue weighted by molar-refractivity contribution is 8.00. The molecule has 0 aliphatic carbocycles. The number of hydrogen-bond donors (Lipinski definition) is 0. The SMILES string of the molecule is Cc1cc(C)n(-c2ccc(SCC(=O)N3c4ccccc4SCC3c3ccccc3)nn2)n1. The first-order valence-electron chi connectivity index (χ1n) is 10.7. The molecule has 1 amide bonds. The van der Waals surface area contributed by atoms with E-state index < -0.39 is 0 Å². The Morgan fingerprint density at radius 2 is 1.82 bits per heavy atom. The third kappa shape index (κ3) is 4.54. The Kier molecular flexibility index (Phi) is 6.20. The lowest BCUT2D eigenvalue weighted by molar-refractivity contribution is -0.116. The second-order valence-electron chi connectivity index (χ2n) is 7.83. The van der Waals surface area contributed by atoms with Crippen molar-refractivity contribution in [3.8, 4) is 5.82 Å². The Labute approximate surface area is 201 Å². The zero-order valence-electron chi connectivity index (χ0n) is 18.4. The highest BCUT2D eigenvalue weighted by atomic mass is 32.2. The summed E-state index contributed by atoms with van der Waals surface area (Å²) < 4.78 is 1.77. The molecule has 0 bridgehead atoms. The maximum atomic E-state index is 13.5. The van der Waals surface area contributed by atoms with Crippen LogP contribution in [-0.2, 0) is 4.79 Å². The van der Waals surface area contributed by atoms with Gasteiger partial charge in [0.1, 0.15) is 5.03 Å². The Hall–Kier alpha value is -3.10. The molecular weight excluding hydrogens is 450 g/mol. The van der Waals surface area contributed by atoms with Crippen LogP contribution in [0.2, 0.25) is 0 Å². The smallest absolute Gasteiger partial charge is 0.238 e. The van der Waals surface area contributed by atoms with Gasteiger partial charge >= 0.3 is 0 Å². The number of hydrogen-bond acceptors (Lipinski definition) is 6. The molecule has 1 atom stereocenters. The van der Waals surface area contributed by atoms with E-state index in [-0.39, 0.29) is 17.7 Å². The Morgan fingerprint density at radius 3 is 2.55 bits per heavy atom. The minimum absolute atomic E-state index is 0.00121. The van der Waals surface area contributed by atoms with Crippen molar-refractivity contribution in [2.45, 2.75) is 29.8 Å². The lowest BCUT2D eigenvalue weighted by Gasteiger charge is -2.37. The van der Waals surface area contributed by atoms with Gasteiger partial charge < -0.3 is 4.90 Å². The van der Waals surface area contributed by atoms with Gasteiger partial charge in [0.25, 0.3) is 0 Å². The standard InChI is InChI=1S/C25H23N5OS2/c1-17-14-18(2)30(28-17)23-12-13-24(27-26-23)33-16-25(31)29-20-10-6-7-11-22(20)32-15-21(29)19-8-4-3-5-9-19/h3-14,21H,15-16H2,1-2H3. The van der Waals surface area contributed by atoms with E-state index in [4.69, 9.17) is 0 Å². The molecule has 5 rings (SSSR count). The van der Waals surface area contributed by atoms with Crippen LogP contribution in [0.25, 0.3) is 5.82 Å². The van der Waals surface area contributed by atoms with E-state index in [1.165, 1.54) is 11.8 Å². The van der Waals surface area contributed by atoms with E-state index in [0.717, 1.165) is 33.3 Å². The van der Waals surface area contributed by atoms with Crippen molar-refractivity contribution in [3.05, 3.63) is 89.7 Å². The minimum atomic E-state index is -0.00121. The summed E-state index contributed by atoms with van der Waals surface area (Å²) in [5.74, 6) is 1.85. The number of carbonyl (C=O) groups excluding carboxylic acids is 1. The molecule has 4 aromatic rings. The number of thioether (sulfide) groups is 2. The third-order valence-electron chi connectivity index (χ3n) is 5.48. The molecule has 3 heterocycles. The van der Waals surface area contributed by atoms with Gasteiger partial charge in [0, 0.05) is 16.3 Å². The number of aryl methyl sites for hydroxylation is 2. The summed E-state index contributed by atoms with van der Waals surface area (Å²) >= 11 is 3.20. The van der Waals surface area contributed by atoms with Crippen LogP contribution in [0.4, 0.5) is 5.69 Å². The molecule has 0 fully saturated rings. The maximum absolute atomic E-state index is 13.5. The van der Waals surface area contributed by atoms with Gasteiger partial charge in [-0.1, -0.05) is 54.2 Å². The normalized spacial score (nSPS) is 15.3. The van der Waals surface area contributed by atoms with Crippen LogP contribution in [0.1, 0.15) is 23.0 Å². The molecule has 1 aliphatic rings. The molecule has 33 heavy (non-hydrogen) atoms. The van der Waals surface area contributed by atoms with Crippen LogP contribution in [0.3, 0.4) is 0 Å². The van der Waals surface area contributed by atoms with Gasteiger partial charge in [-0.25, -0.2) is 4.68 Å². The molecule has 0 spiro atoms. The summed E-state index contributed by atoms with van der Waals surface area (Å²) in [6, 6.07) is 24.1. The Balaban J connectivity index is 1.35. The molecular formula is C25H23N5OS2. The van der Waals surface area contributed by atoms with Gasteiger partial charge in [0.2, 0.25) is 5.91 Å². The zero-order chi connectivity index (χ0) is 22.8. The van der Waals surface area contributed by atoms with Gasteiger partial charge in [0.05, 0.1) is 23.2 Å². The largest absolute Gasteiger partial charge is 0.302 e. The molecule has 0 radical (unpaired) electrons. The van der Waals surface area contributed by atoms with Crippen LogP contribution < -0.4 is 4.90 Å². The van der Waals surface area contributed by atoms with Gasteiger partial charge in [-0.15, -0.1) is 22.0 Å². The van der Waals surface area contributed by atoms with Crippen molar-refractivity contribution in [3.63, 3.8) is 0 Å². The summed E-state index contributed by atoms with van der Waals surface area (Å²) in [5, 5.41) is 13.8. The highest BCUT2D eigenvalue weighted by Crippen LogP contribution is 2.43. The van der Waals surface area contributed by atoms with E-state index in [2.05, 4.69) is 33.5 Å². The fourth-order valence-corrected chi connectivity index (χ4v) is 5.83. The molecule has 0 saturated heterocycles. The average molecular weight is 474 g/mol. The molecule has 6 nitrogen and oxygen atoms in total. The second-order valence-corrected chi connectivity index (χ2v) is 9.88. The average Bonchev–Trinajstić information content (AvgIpc) is 3.20. The Morgan fingerprint density at radius 1 is 1.03 bits per heavy atom. The van der Waals surface area contributed by atoms with Crippen molar-refractivity contribution in [2.24, 2.45) is 0 Å². The lowest BCUT2D eigenvalue weighted by Crippen LogP contribution is -2.39. The van der Waals surface area contributed by atoms with Gasteiger partial charge in [-0.2, -0.15) is 5.10 Å². The highest BCUT2D eigenvalue weighted by Gasteiger charge is 2.32. The topological polar surface area (TPSA) is 63.9 Å². The molecule has 2 aromatic carbocycles. The number of fused-ring (bicyclic) bond motifs is 1. The Bertz CT molecular complexity index is 1270. The first-order valence-corrected chi connectivity index (χ1v) is 12.7. The zero-order valence-corrected chi connectivity index (χ0v) is 20.0. The van der Waals surface area contributed by atoms with Crippen LogP contribution in [0.15, 0.2) is 82.7 Å². The number of aromatic nitrogens is 4. The number of carbonyl (C=O) groups is 1. The molecule has 1 unspecified atom stereocenters. The molecule has 166 valence electrons. The monoisotopic (exact) mass is 473 g/mol. The van der Waals surface area contributed by atoms with E-state index in [1.807, 2.05) is 73.3 Å². The van der Waals surface area contributed by atoms with Crippen LogP contribution >= 0.6 is 23.5 Å². The number of benzene rings is 2. The summed E-state index contributed by atoms with van der Waals surface area (Å²) in [6.07, 6.45) is 0. The van der Waals surface area contributed by atoms with Crippen LogP contribution in [0, 0.1) is 13.8 Å². The summed E-state index contributed by atoms with van der Waals surface area (Å²) in [7, 11) is 0. The summed E-state index contributed by atoms with van der Waals surface area (Å²) in [4.78, 5) is 16.6. The number of nitrogens with zero attached hydrogens (tertiary/aromatic N) is 5. The number of rotatable bonds is 5. The third-order valence-corrected chi connectivity index (χ3v) is 7.53. The molecule has 1 aliphatic heterocycles. The van der Waals surface area contributed by atoms with Gasteiger partial charge in [-0.05, 0) is 49.7 Å². The second kappa shape index (κ2) is 9.41. The van der Waals surface area contributed by atoms with Crippen molar-refractivity contribution in [2.75, 3.05) is 16.4 Å². The summed E-state index contributed by atoms with van der Waals surface area (Å²) in [5.41, 5.74) is 4.06. The van der Waals surface area contributed by atoms with Crippen molar-refractivity contribution in [1.82, 2.24) is 20.0 Å². The van der Waals surface area contributed by atoms with E-state index in [0.29, 0.717) is 10.8 Å². The van der Waals surface area contributed by atoms with E-state index in [1.54, 1.807) is 16.4 Å². The maximum Gasteiger partial charge on any atom is 0.238 e. The predicted octanol–water partition coefficient (Wildman–Crippen LogP) is 5.25. The summed E-state index contributed by atoms with van der Waals surface area (Å²) in [6.45, 7) is 3.94. The quantitative estimate of drug-likeness (QED) is 0.369. The fourth-order valence-electron chi connectivity index (χ4n) is 3.99.